The number of nitrogens with one attached hydrogen (secondary N) is 2. The van der Waals surface area contributed by atoms with Crippen LogP contribution in [0.4, 0.5) is 0 Å². The molecule has 0 aliphatic carbocycles. The number of hydrogen-bond acceptors (Lipinski definition) is 4. The minimum Gasteiger partial charge on any atom is -0.483 e. The molecule has 1 aromatic rings. The van der Waals surface area contributed by atoms with Gasteiger partial charge in [0.2, 0.25) is 5.91 Å². The zero-order valence-electron chi connectivity index (χ0n) is 13.6. The van der Waals surface area contributed by atoms with Crippen LogP contribution in [-0.4, -0.2) is 30.7 Å². The summed E-state index contributed by atoms with van der Waals surface area (Å²) in [6, 6.07) is 5.54. The van der Waals surface area contributed by atoms with Crippen LogP contribution in [0.5, 0.6) is 5.75 Å². The van der Waals surface area contributed by atoms with E-state index in [2.05, 4.69) is 31.8 Å². The van der Waals surface area contributed by atoms with Gasteiger partial charge < -0.3 is 10.1 Å². The topological polar surface area (TPSA) is 79.8 Å². The highest BCUT2D eigenvalue weighted by Crippen LogP contribution is 2.21. The molecule has 1 rings (SSSR count). The van der Waals surface area contributed by atoms with E-state index in [0.717, 1.165) is 16.5 Å². The molecule has 0 spiro atoms. The normalized spacial score (nSPS) is 11.0. The fourth-order valence-corrected chi connectivity index (χ4v) is 2.18. The van der Waals surface area contributed by atoms with Crippen molar-refractivity contribution >= 4 is 33.5 Å². The van der Waals surface area contributed by atoms with Crippen molar-refractivity contribution in [2.75, 3.05) is 13.2 Å². The summed E-state index contributed by atoms with van der Waals surface area (Å²) in [6.45, 7) is 6.06. The molecule has 0 aromatic heterocycles. The molecular formula is C16H22BrN3O3. The Hall–Kier alpha value is -1.89. The highest BCUT2D eigenvalue weighted by atomic mass is 79.9. The first-order valence-electron chi connectivity index (χ1n) is 7.40. The summed E-state index contributed by atoms with van der Waals surface area (Å²) in [6.07, 6.45) is 1.04. The van der Waals surface area contributed by atoms with Crippen LogP contribution in [0.1, 0.15) is 32.3 Å². The van der Waals surface area contributed by atoms with Crippen LogP contribution >= 0.6 is 15.9 Å². The van der Waals surface area contributed by atoms with Crippen molar-refractivity contribution in [3.05, 3.63) is 28.2 Å². The van der Waals surface area contributed by atoms with E-state index in [4.69, 9.17) is 4.74 Å². The first kappa shape index (κ1) is 19.2. The molecule has 2 amide bonds. The van der Waals surface area contributed by atoms with E-state index in [9.17, 15) is 9.59 Å². The average molecular weight is 384 g/mol. The Morgan fingerprint density at radius 2 is 2.04 bits per heavy atom. The predicted molar refractivity (Wildman–Crippen MR) is 93.5 cm³/mol. The van der Waals surface area contributed by atoms with Gasteiger partial charge in [-0.3, -0.25) is 9.59 Å². The number of hydrogen-bond donors (Lipinski definition) is 2. The van der Waals surface area contributed by atoms with Crippen molar-refractivity contribution in [3.63, 3.8) is 0 Å². The standard InChI is InChI=1S/C16H22BrN3O3/c1-4-7-18-15(21)9-12(3)19-20-16(22)10-23-14-6-5-13(17)8-11(14)2/h5-6,8H,4,7,9-10H2,1-3H3,(H,18,21)(H,20,22)/b19-12-. The van der Waals surface area contributed by atoms with Gasteiger partial charge in [-0.25, -0.2) is 5.43 Å². The first-order chi connectivity index (χ1) is 10.9. The number of carbonyl (C=O) groups is 2. The molecule has 0 fully saturated rings. The summed E-state index contributed by atoms with van der Waals surface area (Å²) >= 11 is 3.37. The summed E-state index contributed by atoms with van der Waals surface area (Å²) in [7, 11) is 0. The number of benzene rings is 1. The third-order valence-electron chi connectivity index (χ3n) is 2.86. The highest BCUT2D eigenvalue weighted by molar-refractivity contribution is 9.10. The van der Waals surface area contributed by atoms with E-state index in [-0.39, 0.29) is 24.8 Å². The Morgan fingerprint density at radius 1 is 1.30 bits per heavy atom. The van der Waals surface area contributed by atoms with Crippen LogP contribution in [0.15, 0.2) is 27.8 Å². The van der Waals surface area contributed by atoms with Gasteiger partial charge in [-0.2, -0.15) is 5.10 Å². The number of carbonyl (C=O) groups excluding carboxylic acids is 2. The lowest BCUT2D eigenvalue weighted by molar-refractivity contribution is -0.123. The second-order valence-electron chi connectivity index (χ2n) is 5.11. The fraction of sp³-hybridized carbons (Fsp3) is 0.438. The fourth-order valence-electron chi connectivity index (χ4n) is 1.71. The molecule has 0 bridgehead atoms. The second kappa shape index (κ2) is 9.99. The van der Waals surface area contributed by atoms with Crippen molar-refractivity contribution in [2.45, 2.75) is 33.6 Å². The van der Waals surface area contributed by atoms with E-state index in [1.54, 1.807) is 13.0 Å². The third-order valence-corrected chi connectivity index (χ3v) is 3.35. The van der Waals surface area contributed by atoms with Crippen LogP contribution in [0.25, 0.3) is 0 Å². The predicted octanol–water partition coefficient (Wildman–Crippen LogP) is 2.54. The molecule has 126 valence electrons. The summed E-state index contributed by atoms with van der Waals surface area (Å²) < 4.78 is 6.39. The number of amides is 2. The largest absolute Gasteiger partial charge is 0.483 e. The van der Waals surface area contributed by atoms with Gasteiger partial charge in [0.25, 0.3) is 5.91 Å². The zero-order valence-corrected chi connectivity index (χ0v) is 15.2. The minimum absolute atomic E-state index is 0.107. The Balaban J connectivity index is 2.38. The van der Waals surface area contributed by atoms with Gasteiger partial charge in [-0.15, -0.1) is 0 Å². The summed E-state index contributed by atoms with van der Waals surface area (Å²) in [5, 5.41) is 6.64. The van der Waals surface area contributed by atoms with E-state index in [1.165, 1.54) is 0 Å². The van der Waals surface area contributed by atoms with Gasteiger partial charge in [0, 0.05) is 16.7 Å². The average Bonchev–Trinajstić information content (AvgIpc) is 2.50. The van der Waals surface area contributed by atoms with Crippen LogP contribution in [0, 0.1) is 6.92 Å². The minimum atomic E-state index is -0.374. The lowest BCUT2D eigenvalue weighted by atomic mass is 10.2. The quantitative estimate of drug-likeness (QED) is 0.534. The van der Waals surface area contributed by atoms with Crippen LogP contribution in [-0.2, 0) is 9.59 Å². The molecule has 1 aromatic carbocycles. The molecule has 0 radical (unpaired) electrons. The molecule has 0 saturated carbocycles. The molecule has 7 heteroatoms. The Morgan fingerprint density at radius 3 is 2.70 bits per heavy atom. The number of hydrazone groups is 1. The van der Waals surface area contributed by atoms with Crippen molar-refractivity contribution in [3.8, 4) is 5.75 Å². The van der Waals surface area contributed by atoms with E-state index >= 15 is 0 Å². The molecule has 0 aliphatic rings. The summed E-state index contributed by atoms with van der Waals surface area (Å²) in [5.41, 5.74) is 3.84. The van der Waals surface area contributed by atoms with Crippen LogP contribution in [0.3, 0.4) is 0 Å². The van der Waals surface area contributed by atoms with Crippen molar-refractivity contribution in [2.24, 2.45) is 5.10 Å². The molecule has 0 atom stereocenters. The Kier molecular flexibility index (Phi) is 8.32. The number of ether oxygens (including phenoxy) is 1. The maximum Gasteiger partial charge on any atom is 0.277 e. The lowest BCUT2D eigenvalue weighted by Gasteiger charge is -2.08. The van der Waals surface area contributed by atoms with E-state index < -0.39 is 0 Å². The van der Waals surface area contributed by atoms with Crippen LogP contribution in [0.2, 0.25) is 0 Å². The maximum absolute atomic E-state index is 11.7. The monoisotopic (exact) mass is 383 g/mol. The van der Waals surface area contributed by atoms with Crippen LogP contribution < -0.4 is 15.5 Å². The second-order valence-corrected chi connectivity index (χ2v) is 6.02. The molecule has 0 unspecified atom stereocenters. The SMILES string of the molecule is CCCNC(=O)C/C(C)=N\NC(=O)COc1ccc(Br)cc1C. The zero-order chi connectivity index (χ0) is 17.2. The molecule has 0 heterocycles. The maximum atomic E-state index is 11.7. The van der Waals surface area contributed by atoms with Crippen molar-refractivity contribution in [1.29, 1.82) is 0 Å². The molecule has 23 heavy (non-hydrogen) atoms. The molecular weight excluding hydrogens is 362 g/mol. The number of aryl methyl sites for hydroxylation is 1. The van der Waals surface area contributed by atoms with Gasteiger partial charge in [0.1, 0.15) is 5.75 Å². The number of halogens is 1. The van der Waals surface area contributed by atoms with Gasteiger partial charge in [-0.1, -0.05) is 22.9 Å². The molecule has 0 saturated heterocycles. The van der Waals surface area contributed by atoms with Crippen molar-refractivity contribution < 1.29 is 14.3 Å². The Labute approximate surface area is 144 Å². The summed E-state index contributed by atoms with van der Waals surface area (Å²) in [5.74, 6) is 0.160. The first-order valence-corrected chi connectivity index (χ1v) is 8.19. The molecule has 2 N–H and O–H groups in total. The highest BCUT2D eigenvalue weighted by Gasteiger charge is 2.06. The molecule has 6 nitrogen and oxygen atoms in total. The van der Waals surface area contributed by atoms with Gasteiger partial charge >= 0.3 is 0 Å². The van der Waals surface area contributed by atoms with E-state index in [0.29, 0.717) is 18.0 Å². The van der Waals surface area contributed by atoms with E-state index in [1.807, 2.05) is 26.0 Å². The summed E-state index contributed by atoms with van der Waals surface area (Å²) in [4.78, 5) is 23.2. The van der Waals surface area contributed by atoms with Gasteiger partial charge in [-0.05, 0) is 44.0 Å². The molecule has 0 aliphatic heterocycles. The Bertz CT molecular complexity index is 588. The number of rotatable bonds is 8. The van der Waals surface area contributed by atoms with Gasteiger partial charge in [0.15, 0.2) is 6.61 Å². The van der Waals surface area contributed by atoms with Crippen molar-refractivity contribution in [1.82, 2.24) is 10.7 Å². The third kappa shape index (κ3) is 7.78. The van der Waals surface area contributed by atoms with Gasteiger partial charge in [0.05, 0.1) is 6.42 Å². The number of nitrogens with zero attached hydrogens (tertiary/aromatic N) is 1. The lowest BCUT2D eigenvalue weighted by Crippen LogP contribution is -2.28. The smallest absolute Gasteiger partial charge is 0.277 e.